The number of hydrogen-bond acceptors (Lipinski definition) is 2. The number of thiophene rings is 1. The van der Waals surface area contributed by atoms with Crippen molar-refractivity contribution in [2.45, 2.75) is 32.4 Å². The average molecular weight is 250 g/mol. The standard InChI is InChI=1S/C11H13F3OS/c1-8(7-11(12,13)14)4-5-9(15)10-3-2-6-16-10/h2-3,6,8H,4-5,7H2,1H3. The zero-order chi connectivity index (χ0) is 12.2. The van der Waals surface area contributed by atoms with Crippen molar-refractivity contribution in [1.29, 1.82) is 0 Å². The molecule has 1 nitrogen and oxygen atoms in total. The summed E-state index contributed by atoms with van der Waals surface area (Å²) in [5, 5.41) is 1.78. The van der Waals surface area contributed by atoms with Crippen LogP contribution in [0.3, 0.4) is 0 Å². The van der Waals surface area contributed by atoms with Crippen molar-refractivity contribution in [3.8, 4) is 0 Å². The molecule has 1 heterocycles. The molecular weight excluding hydrogens is 237 g/mol. The summed E-state index contributed by atoms with van der Waals surface area (Å²) in [7, 11) is 0. The normalized spacial score (nSPS) is 13.8. The van der Waals surface area contributed by atoms with Gasteiger partial charge in [-0.1, -0.05) is 13.0 Å². The second-order valence-electron chi connectivity index (χ2n) is 3.86. The summed E-state index contributed by atoms with van der Waals surface area (Å²) in [5.41, 5.74) is 0. The molecule has 0 aromatic carbocycles. The second kappa shape index (κ2) is 5.48. The van der Waals surface area contributed by atoms with Crippen molar-refractivity contribution in [3.63, 3.8) is 0 Å². The average Bonchev–Trinajstić information content (AvgIpc) is 2.64. The van der Waals surface area contributed by atoms with Gasteiger partial charge in [-0.15, -0.1) is 11.3 Å². The van der Waals surface area contributed by atoms with Crippen LogP contribution in [0.2, 0.25) is 0 Å². The molecule has 5 heteroatoms. The van der Waals surface area contributed by atoms with Crippen molar-refractivity contribution < 1.29 is 18.0 Å². The van der Waals surface area contributed by atoms with Crippen LogP contribution in [0.5, 0.6) is 0 Å². The van der Waals surface area contributed by atoms with E-state index in [-0.39, 0.29) is 18.6 Å². The lowest BCUT2D eigenvalue weighted by Gasteiger charge is -2.12. The Morgan fingerprint density at radius 3 is 2.69 bits per heavy atom. The number of halogens is 3. The molecule has 1 aromatic heterocycles. The molecule has 0 amide bonds. The lowest BCUT2D eigenvalue weighted by molar-refractivity contribution is -0.143. The van der Waals surface area contributed by atoms with Gasteiger partial charge in [-0.3, -0.25) is 4.79 Å². The van der Waals surface area contributed by atoms with Gasteiger partial charge in [0.15, 0.2) is 5.78 Å². The predicted octanol–water partition coefficient (Wildman–Crippen LogP) is 4.30. The third-order valence-electron chi connectivity index (χ3n) is 2.24. The van der Waals surface area contributed by atoms with E-state index < -0.39 is 18.5 Å². The first-order chi connectivity index (χ1) is 7.38. The van der Waals surface area contributed by atoms with E-state index in [1.807, 2.05) is 0 Å². The number of rotatable bonds is 5. The molecule has 1 rings (SSSR count). The third kappa shape index (κ3) is 4.79. The fourth-order valence-electron chi connectivity index (χ4n) is 1.44. The minimum Gasteiger partial charge on any atom is -0.293 e. The first-order valence-electron chi connectivity index (χ1n) is 5.02. The Morgan fingerprint density at radius 1 is 1.50 bits per heavy atom. The van der Waals surface area contributed by atoms with Crippen molar-refractivity contribution in [2.75, 3.05) is 0 Å². The number of hydrogen-bond donors (Lipinski definition) is 0. The Kier molecular flexibility index (Phi) is 4.53. The Balaban J connectivity index is 2.32. The lowest BCUT2D eigenvalue weighted by atomic mass is 9.99. The van der Waals surface area contributed by atoms with Gasteiger partial charge in [-0.25, -0.2) is 0 Å². The molecule has 0 saturated carbocycles. The van der Waals surface area contributed by atoms with E-state index in [9.17, 15) is 18.0 Å². The summed E-state index contributed by atoms with van der Waals surface area (Å²) >= 11 is 1.32. The number of Topliss-reactive ketones (excluding diaryl/α,β-unsaturated/α-hetero) is 1. The van der Waals surface area contributed by atoms with Crippen LogP contribution in [0.4, 0.5) is 13.2 Å². The highest BCUT2D eigenvalue weighted by Gasteiger charge is 2.29. The second-order valence-corrected chi connectivity index (χ2v) is 4.81. The molecule has 1 unspecified atom stereocenters. The van der Waals surface area contributed by atoms with E-state index in [1.54, 1.807) is 17.5 Å². The van der Waals surface area contributed by atoms with Crippen LogP contribution in [0, 0.1) is 5.92 Å². The monoisotopic (exact) mass is 250 g/mol. The minimum atomic E-state index is -4.13. The summed E-state index contributed by atoms with van der Waals surface area (Å²) in [5.74, 6) is -0.562. The Morgan fingerprint density at radius 2 is 2.19 bits per heavy atom. The molecule has 16 heavy (non-hydrogen) atoms. The molecular formula is C11H13F3OS. The first-order valence-corrected chi connectivity index (χ1v) is 5.90. The lowest BCUT2D eigenvalue weighted by Crippen LogP contribution is -2.13. The fourth-order valence-corrected chi connectivity index (χ4v) is 2.13. The molecule has 0 radical (unpaired) electrons. The number of carbonyl (C=O) groups excluding carboxylic acids is 1. The van der Waals surface area contributed by atoms with Crippen LogP contribution in [0.1, 0.15) is 35.9 Å². The Hall–Kier alpha value is -0.840. The van der Waals surface area contributed by atoms with Gasteiger partial charge in [0.25, 0.3) is 0 Å². The van der Waals surface area contributed by atoms with Gasteiger partial charge in [-0.2, -0.15) is 13.2 Å². The quantitative estimate of drug-likeness (QED) is 0.712. The molecule has 0 bridgehead atoms. The van der Waals surface area contributed by atoms with E-state index in [1.165, 1.54) is 18.3 Å². The van der Waals surface area contributed by atoms with Gasteiger partial charge < -0.3 is 0 Å². The van der Waals surface area contributed by atoms with Crippen LogP contribution in [-0.4, -0.2) is 12.0 Å². The third-order valence-corrected chi connectivity index (χ3v) is 3.15. The molecule has 1 aromatic rings. The van der Waals surface area contributed by atoms with Crippen LogP contribution in [-0.2, 0) is 0 Å². The number of carbonyl (C=O) groups is 1. The molecule has 0 aliphatic carbocycles. The molecule has 1 atom stereocenters. The zero-order valence-electron chi connectivity index (χ0n) is 8.88. The summed E-state index contributed by atoms with van der Waals surface area (Å²) in [4.78, 5) is 12.1. The maximum atomic E-state index is 12.0. The van der Waals surface area contributed by atoms with Crippen LogP contribution >= 0.6 is 11.3 Å². The SMILES string of the molecule is CC(CCC(=O)c1cccs1)CC(F)(F)F. The zero-order valence-corrected chi connectivity index (χ0v) is 9.70. The highest BCUT2D eigenvalue weighted by Crippen LogP contribution is 2.27. The highest BCUT2D eigenvalue weighted by atomic mass is 32.1. The summed E-state index contributed by atoms with van der Waals surface area (Å²) < 4.78 is 36.1. The van der Waals surface area contributed by atoms with Crippen molar-refractivity contribution in [2.24, 2.45) is 5.92 Å². The molecule has 0 aliphatic rings. The number of ketones is 1. The van der Waals surface area contributed by atoms with Gasteiger partial charge in [0.1, 0.15) is 0 Å². The largest absolute Gasteiger partial charge is 0.389 e. The molecule has 0 fully saturated rings. The molecule has 90 valence electrons. The summed E-state index contributed by atoms with van der Waals surface area (Å²) in [6, 6.07) is 3.46. The van der Waals surface area contributed by atoms with E-state index in [0.717, 1.165) is 0 Å². The van der Waals surface area contributed by atoms with E-state index in [2.05, 4.69) is 0 Å². The topological polar surface area (TPSA) is 17.1 Å². The van der Waals surface area contributed by atoms with Gasteiger partial charge in [-0.05, 0) is 23.8 Å². The number of alkyl halides is 3. The molecule has 0 N–H and O–H groups in total. The van der Waals surface area contributed by atoms with E-state index in [4.69, 9.17) is 0 Å². The van der Waals surface area contributed by atoms with Gasteiger partial charge in [0, 0.05) is 12.8 Å². The summed E-state index contributed by atoms with van der Waals surface area (Å²) in [6.07, 6.45) is -4.47. The van der Waals surface area contributed by atoms with Crippen molar-refractivity contribution >= 4 is 17.1 Å². The smallest absolute Gasteiger partial charge is 0.293 e. The van der Waals surface area contributed by atoms with Crippen molar-refractivity contribution in [3.05, 3.63) is 22.4 Å². The fraction of sp³-hybridized carbons (Fsp3) is 0.545. The maximum Gasteiger partial charge on any atom is 0.389 e. The molecule has 0 spiro atoms. The first kappa shape index (κ1) is 13.2. The summed E-state index contributed by atoms with van der Waals surface area (Å²) in [6.45, 7) is 1.52. The Bertz CT molecular complexity index is 329. The van der Waals surface area contributed by atoms with Gasteiger partial charge in [0.05, 0.1) is 4.88 Å². The minimum absolute atomic E-state index is 0.0657. The highest BCUT2D eigenvalue weighted by molar-refractivity contribution is 7.12. The Labute approximate surface area is 96.3 Å². The predicted molar refractivity (Wildman–Crippen MR) is 57.7 cm³/mol. The van der Waals surface area contributed by atoms with Gasteiger partial charge in [0.2, 0.25) is 0 Å². The van der Waals surface area contributed by atoms with E-state index >= 15 is 0 Å². The molecule has 0 saturated heterocycles. The van der Waals surface area contributed by atoms with Crippen molar-refractivity contribution in [1.82, 2.24) is 0 Å². The maximum absolute atomic E-state index is 12.0. The van der Waals surface area contributed by atoms with Crippen LogP contribution in [0.15, 0.2) is 17.5 Å². The van der Waals surface area contributed by atoms with Gasteiger partial charge >= 0.3 is 6.18 Å². The molecule has 0 aliphatic heterocycles. The van der Waals surface area contributed by atoms with Crippen LogP contribution in [0.25, 0.3) is 0 Å². The van der Waals surface area contributed by atoms with Crippen LogP contribution < -0.4 is 0 Å². The van der Waals surface area contributed by atoms with E-state index in [0.29, 0.717) is 4.88 Å².